The minimum Gasteiger partial charge on any atom is -0.311 e. The maximum absolute atomic E-state index is 10.7. The number of nitrogens with one attached hydrogen (secondary N) is 1. The van der Waals surface area contributed by atoms with Gasteiger partial charge in [0.2, 0.25) is 0 Å². The Hall–Kier alpha value is -0.810. The molecule has 0 radical (unpaired) electrons. The summed E-state index contributed by atoms with van der Waals surface area (Å²) in [5, 5.41) is 3.23. The molecular formula is C9H15N3OS. The van der Waals surface area contributed by atoms with Gasteiger partial charge in [0.25, 0.3) is 0 Å². The predicted molar refractivity (Wildman–Crippen MR) is 57.3 cm³/mol. The van der Waals surface area contributed by atoms with Gasteiger partial charge in [0.1, 0.15) is 6.33 Å². The Morgan fingerprint density at radius 2 is 2.43 bits per heavy atom. The van der Waals surface area contributed by atoms with Crippen molar-refractivity contribution in [3.8, 4) is 0 Å². The zero-order valence-corrected chi connectivity index (χ0v) is 9.09. The molecule has 0 saturated carbocycles. The normalized spacial score (nSPS) is 12.6. The summed E-state index contributed by atoms with van der Waals surface area (Å²) in [6.07, 6.45) is 5.93. The van der Waals surface area contributed by atoms with Gasteiger partial charge in [-0.2, -0.15) is 0 Å². The number of rotatable bonds is 6. The summed E-state index contributed by atoms with van der Waals surface area (Å²) in [7, 11) is -0.679. The highest BCUT2D eigenvalue weighted by Gasteiger charge is 1.93. The van der Waals surface area contributed by atoms with Crippen LogP contribution in [0.25, 0.3) is 0 Å². The second-order valence-electron chi connectivity index (χ2n) is 3.01. The lowest BCUT2D eigenvalue weighted by Gasteiger charge is -2.02. The molecule has 0 spiro atoms. The first-order valence-electron chi connectivity index (χ1n) is 4.54. The van der Waals surface area contributed by atoms with Crippen molar-refractivity contribution in [1.82, 2.24) is 15.3 Å². The first-order chi connectivity index (χ1) is 6.79. The Balaban J connectivity index is 2.08. The molecule has 1 heterocycles. The van der Waals surface area contributed by atoms with Gasteiger partial charge in [-0.15, -0.1) is 0 Å². The minimum absolute atomic E-state index is 0.679. The molecule has 0 aliphatic carbocycles. The first kappa shape index (κ1) is 11.3. The van der Waals surface area contributed by atoms with Crippen molar-refractivity contribution in [2.24, 2.45) is 0 Å². The van der Waals surface area contributed by atoms with Crippen molar-refractivity contribution < 1.29 is 4.21 Å². The molecule has 0 aliphatic heterocycles. The van der Waals surface area contributed by atoms with Crippen molar-refractivity contribution in [3.05, 3.63) is 24.3 Å². The summed E-state index contributed by atoms with van der Waals surface area (Å²) in [4.78, 5) is 7.91. The van der Waals surface area contributed by atoms with Crippen LogP contribution in [0.2, 0.25) is 0 Å². The quantitative estimate of drug-likeness (QED) is 0.692. The Kier molecular flexibility index (Phi) is 5.32. The molecule has 0 bridgehead atoms. The molecule has 0 aromatic carbocycles. The fourth-order valence-corrected chi connectivity index (χ4v) is 1.59. The van der Waals surface area contributed by atoms with E-state index >= 15 is 0 Å². The molecule has 1 aromatic rings. The second-order valence-corrected chi connectivity index (χ2v) is 4.56. The van der Waals surface area contributed by atoms with Crippen molar-refractivity contribution in [3.63, 3.8) is 0 Å². The predicted octanol–water partition coefficient (Wildman–Crippen LogP) is 0.335. The van der Waals surface area contributed by atoms with E-state index in [-0.39, 0.29) is 0 Å². The Labute approximate surface area is 86.6 Å². The molecule has 1 aromatic heterocycles. The van der Waals surface area contributed by atoms with Crippen LogP contribution in [0.4, 0.5) is 0 Å². The third kappa shape index (κ3) is 5.04. The van der Waals surface area contributed by atoms with Gasteiger partial charge in [0.05, 0.1) is 5.69 Å². The van der Waals surface area contributed by atoms with Gasteiger partial charge < -0.3 is 5.32 Å². The van der Waals surface area contributed by atoms with E-state index in [1.54, 1.807) is 12.5 Å². The summed E-state index contributed by atoms with van der Waals surface area (Å²) >= 11 is 0. The Morgan fingerprint density at radius 1 is 1.57 bits per heavy atom. The first-order valence-corrected chi connectivity index (χ1v) is 6.27. The van der Waals surface area contributed by atoms with Crippen molar-refractivity contribution in [1.29, 1.82) is 0 Å². The van der Waals surface area contributed by atoms with Crippen LogP contribution in [0.3, 0.4) is 0 Å². The van der Waals surface area contributed by atoms with Crippen molar-refractivity contribution >= 4 is 10.8 Å². The molecular weight excluding hydrogens is 198 g/mol. The van der Waals surface area contributed by atoms with Crippen molar-refractivity contribution in [2.45, 2.75) is 13.0 Å². The third-order valence-corrected chi connectivity index (χ3v) is 2.60. The summed E-state index contributed by atoms with van der Waals surface area (Å²) in [5.74, 6) is 0.761. The molecule has 1 rings (SSSR count). The largest absolute Gasteiger partial charge is 0.311 e. The number of hydrogen-bond donors (Lipinski definition) is 1. The molecule has 1 atom stereocenters. The van der Waals surface area contributed by atoms with Crippen LogP contribution in [-0.2, 0) is 17.3 Å². The van der Waals surface area contributed by atoms with Gasteiger partial charge in [-0.1, -0.05) is 0 Å². The minimum atomic E-state index is -0.679. The van der Waals surface area contributed by atoms with Crippen LogP contribution in [0.1, 0.15) is 12.1 Å². The zero-order valence-electron chi connectivity index (χ0n) is 8.27. The third-order valence-electron chi connectivity index (χ3n) is 1.73. The average molecular weight is 213 g/mol. The van der Waals surface area contributed by atoms with Crippen LogP contribution in [0.5, 0.6) is 0 Å². The molecule has 0 fully saturated rings. The standard InChI is InChI=1S/C9H15N3OS/c1-14(13)6-2-4-10-7-9-3-5-11-8-12-9/h3,5,8,10H,2,4,6-7H2,1H3. The van der Waals surface area contributed by atoms with E-state index in [0.29, 0.717) is 0 Å². The van der Waals surface area contributed by atoms with Gasteiger partial charge in [0.15, 0.2) is 0 Å². The lowest BCUT2D eigenvalue weighted by Crippen LogP contribution is -2.17. The fourth-order valence-electron chi connectivity index (χ4n) is 1.04. The Bertz CT molecular complexity index is 279. The molecule has 4 nitrogen and oxygen atoms in total. The van der Waals surface area contributed by atoms with Crippen LogP contribution < -0.4 is 5.32 Å². The molecule has 1 unspecified atom stereocenters. The summed E-state index contributed by atoms with van der Waals surface area (Å²) in [5.41, 5.74) is 0.984. The van der Waals surface area contributed by atoms with Gasteiger partial charge in [-0.3, -0.25) is 4.21 Å². The maximum Gasteiger partial charge on any atom is 0.115 e. The van der Waals surface area contributed by atoms with E-state index in [1.165, 1.54) is 6.33 Å². The van der Waals surface area contributed by atoms with Gasteiger partial charge >= 0.3 is 0 Å². The van der Waals surface area contributed by atoms with E-state index in [4.69, 9.17) is 0 Å². The summed E-state index contributed by atoms with van der Waals surface area (Å²) in [6, 6.07) is 1.88. The van der Waals surface area contributed by atoms with Gasteiger partial charge in [-0.25, -0.2) is 9.97 Å². The molecule has 5 heteroatoms. The zero-order chi connectivity index (χ0) is 10.2. The summed E-state index contributed by atoms with van der Waals surface area (Å²) < 4.78 is 10.7. The smallest absolute Gasteiger partial charge is 0.115 e. The fraction of sp³-hybridized carbons (Fsp3) is 0.556. The van der Waals surface area contributed by atoms with E-state index in [9.17, 15) is 4.21 Å². The van der Waals surface area contributed by atoms with Crippen LogP contribution >= 0.6 is 0 Å². The number of hydrogen-bond acceptors (Lipinski definition) is 4. The highest BCUT2D eigenvalue weighted by atomic mass is 32.2. The topological polar surface area (TPSA) is 54.9 Å². The number of aromatic nitrogens is 2. The van der Waals surface area contributed by atoms with Crippen LogP contribution in [-0.4, -0.2) is 32.7 Å². The van der Waals surface area contributed by atoms with E-state index in [2.05, 4.69) is 15.3 Å². The van der Waals surface area contributed by atoms with Gasteiger partial charge in [-0.05, 0) is 19.0 Å². The SMILES string of the molecule is CS(=O)CCCNCc1ccncn1. The molecule has 1 N–H and O–H groups in total. The molecule has 0 aliphatic rings. The Morgan fingerprint density at radius 3 is 3.07 bits per heavy atom. The van der Waals surface area contributed by atoms with E-state index in [1.807, 2.05) is 6.07 Å². The average Bonchev–Trinajstić information content (AvgIpc) is 2.18. The monoisotopic (exact) mass is 213 g/mol. The maximum atomic E-state index is 10.7. The molecule has 14 heavy (non-hydrogen) atoms. The lowest BCUT2D eigenvalue weighted by molar-refractivity contribution is 0.654. The summed E-state index contributed by atoms with van der Waals surface area (Å²) in [6.45, 7) is 1.63. The van der Waals surface area contributed by atoms with Crippen LogP contribution in [0.15, 0.2) is 18.6 Å². The lowest BCUT2D eigenvalue weighted by atomic mass is 10.4. The van der Waals surface area contributed by atoms with Gasteiger partial charge in [0, 0.05) is 35.5 Å². The van der Waals surface area contributed by atoms with Crippen molar-refractivity contribution in [2.75, 3.05) is 18.6 Å². The number of nitrogens with zero attached hydrogens (tertiary/aromatic N) is 2. The highest BCUT2D eigenvalue weighted by Crippen LogP contribution is 1.90. The highest BCUT2D eigenvalue weighted by molar-refractivity contribution is 7.84. The van der Waals surface area contributed by atoms with E-state index < -0.39 is 10.8 Å². The van der Waals surface area contributed by atoms with Crippen LogP contribution in [0, 0.1) is 0 Å². The molecule has 0 amide bonds. The molecule has 78 valence electrons. The molecule has 0 saturated heterocycles. The van der Waals surface area contributed by atoms with E-state index in [0.717, 1.165) is 31.0 Å². The second kappa shape index (κ2) is 6.62.